The van der Waals surface area contributed by atoms with Crippen LogP contribution in [0.5, 0.6) is 0 Å². The zero-order valence-corrected chi connectivity index (χ0v) is 9.12. The zero-order valence-electron chi connectivity index (χ0n) is 6.96. The summed E-state index contributed by atoms with van der Waals surface area (Å²) in [6.07, 6.45) is 0. The first-order valence-electron chi connectivity index (χ1n) is 3.62. The molecule has 0 aliphatic carbocycles. The summed E-state index contributed by atoms with van der Waals surface area (Å²) >= 11 is 1.61. The van der Waals surface area contributed by atoms with Crippen molar-refractivity contribution in [2.75, 3.05) is 7.11 Å². The second kappa shape index (κ2) is 4.55. The molecule has 2 nitrogen and oxygen atoms in total. The molecule has 1 atom stereocenters. The molecule has 0 saturated heterocycles. The minimum Gasteiger partial charge on any atom is -0.465 e. The smallest absolute Gasteiger partial charge is 0.338 e. The largest absolute Gasteiger partial charge is 0.465 e. The molecule has 0 radical (unpaired) electrons. The summed E-state index contributed by atoms with van der Waals surface area (Å²) in [6, 6.07) is 6.48. The van der Waals surface area contributed by atoms with E-state index in [1.165, 1.54) is 7.11 Å². The number of carbonyl (C=O) groups is 1. The molecule has 0 fully saturated rings. The van der Waals surface area contributed by atoms with Gasteiger partial charge in [0.25, 0.3) is 0 Å². The van der Waals surface area contributed by atoms with Crippen molar-refractivity contribution in [2.24, 2.45) is 0 Å². The number of rotatable bonds is 2. The third-order valence-electron chi connectivity index (χ3n) is 1.60. The Balaban J connectivity index is 3.12. The van der Waals surface area contributed by atoms with Gasteiger partial charge in [0.1, 0.15) is 0 Å². The van der Waals surface area contributed by atoms with Gasteiger partial charge in [-0.25, -0.2) is 9.18 Å². The monoisotopic (exact) mass is 294 g/mol. The third-order valence-corrected chi connectivity index (χ3v) is 2.27. The van der Waals surface area contributed by atoms with Crippen molar-refractivity contribution >= 4 is 28.6 Å². The normalized spacial score (nSPS) is 12.2. The summed E-state index contributed by atoms with van der Waals surface area (Å²) in [4.78, 5) is 11.1. The molecule has 70 valence electrons. The van der Waals surface area contributed by atoms with E-state index in [2.05, 4.69) is 4.74 Å². The van der Waals surface area contributed by atoms with Gasteiger partial charge in [0.05, 0.1) is 12.7 Å². The summed E-state index contributed by atoms with van der Waals surface area (Å²) in [5.74, 6) is -0.505. The molecule has 4 heteroatoms. The number of halogens is 2. The van der Waals surface area contributed by atoms with Crippen LogP contribution in [0.1, 0.15) is 20.1 Å². The van der Waals surface area contributed by atoms with Crippen LogP contribution in [0.15, 0.2) is 24.3 Å². The molecule has 1 aromatic rings. The molecule has 0 bridgehead atoms. The maximum atomic E-state index is 13.0. The molecule has 1 unspecified atom stereocenters. The lowest BCUT2D eigenvalue weighted by Crippen LogP contribution is -2.05. The highest BCUT2D eigenvalue weighted by molar-refractivity contribution is 14.1. The molecule has 1 aromatic carbocycles. The van der Waals surface area contributed by atoms with Gasteiger partial charge in [0, 0.05) is 5.56 Å². The van der Waals surface area contributed by atoms with Crippen molar-refractivity contribution in [3.63, 3.8) is 0 Å². The summed E-state index contributed by atoms with van der Waals surface area (Å²) in [7, 11) is 1.28. The zero-order chi connectivity index (χ0) is 9.84. The van der Waals surface area contributed by atoms with Crippen molar-refractivity contribution < 1.29 is 13.9 Å². The summed E-state index contributed by atoms with van der Waals surface area (Å²) < 4.78 is 16.3. The summed E-state index contributed by atoms with van der Waals surface area (Å²) in [5, 5.41) is 0. The maximum Gasteiger partial charge on any atom is 0.338 e. The van der Waals surface area contributed by atoms with Crippen molar-refractivity contribution in [3.8, 4) is 0 Å². The lowest BCUT2D eigenvalue weighted by atomic mass is 10.1. The highest BCUT2D eigenvalue weighted by Gasteiger charge is 2.15. The Bertz CT molecular complexity index is 312. The third kappa shape index (κ3) is 2.40. The Labute approximate surface area is 89.2 Å². The van der Waals surface area contributed by atoms with Gasteiger partial charge in [-0.3, -0.25) is 0 Å². The highest BCUT2D eigenvalue weighted by Crippen LogP contribution is 2.27. The SMILES string of the molecule is COC(=O)c1ccccc1C(F)I. The Morgan fingerprint density at radius 3 is 2.69 bits per heavy atom. The van der Waals surface area contributed by atoms with Crippen LogP contribution in [-0.2, 0) is 4.74 Å². The van der Waals surface area contributed by atoms with Gasteiger partial charge in [-0.15, -0.1) is 0 Å². The molecule has 13 heavy (non-hydrogen) atoms. The molecular weight excluding hydrogens is 286 g/mol. The first kappa shape index (κ1) is 10.4. The summed E-state index contributed by atoms with van der Waals surface area (Å²) in [6.45, 7) is 0. The number of ether oxygens (including phenoxy) is 1. The van der Waals surface area contributed by atoms with Crippen molar-refractivity contribution in [2.45, 2.75) is 4.18 Å². The molecule has 0 N–H and O–H groups in total. The molecule has 0 spiro atoms. The van der Waals surface area contributed by atoms with Gasteiger partial charge in [-0.1, -0.05) is 18.2 Å². The number of esters is 1. The van der Waals surface area contributed by atoms with Gasteiger partial charge in [-0.05, 0) is 28.7 Å². The second-order valence-corrected chi connectivity index (χ2v) is 3.47. The van der Waals surface area contributed by atoms with Crippen molar-refractivity contribution in [1.29, 1.82) is 0 Å². The summed E-state index contributed by atoms with van der Waals surface area (Å²) in [5.41, 5.74) is 0.641. The quantitative estimate of drug-likeness (QED) is 0.476. The fraction of sp³-hybridized carbons (Fsp3) is 0.222. The van der Waals surface area contributed by atoms with Crippen LogP contribution in [0.4, 0.5) is 4.39 Å². The highest BCUT2D eigenvalue weighted by atomic mass is 127. The topological polar surface area (TPSA) is 26.3 Å². The fourth-order valence-electron chi connectivity index (χ4n) is 0.983. The average molecular weight is 294 g/mol. The first-order valence-corrected chi connectivity index (χ1v) is 4.86. The van der Waals surface area contributed by atoms with E-state index < -0.39 is 10.1 Å². The molecule has 0 saturated carbocycles. The lowest BCUT2D eigenvalue weighted by molar-refractivity contribution is 0.0598. The van der Waals surface area contributed by atoms with Crippen LogP contribution in [-0.4, -0.2) is 13.1 Å². The van der Waals surface area contributed by atoms with E-state index in [1.54, 1.807) is 46.9 Å². The van der Waals surface area contributed by atoms with Crippen LogP contribution >= 0.6 is 22.6 Å². The lowest BCUT2D eigenvalue weighted by Gasteiger charge is -2.06. The van der Waals surface area contributed by atoms with E-state index in [0.29, 0.717) is 5.56 Å². The van der Waals surface area contributed by atoms with E-state index in [4.69, 9.17) is 0 Å². The number of hydrogen-bond donors (Lipinski definition) is 0. The Hall–Kier alpha value is -0.650. The van der Waals surface area contributed by atoms with Gasteiger partial charge in [0.2, 0.25) is 0 Å². The van der Waals surface area contributed by atoms with E-state index >= 15 is 0 Å². The minimum absolute atomic E-state index is 0.284. The number of carbonyl (C=O) groups excluding carboxylic acids is 1. The number of benzene rings is 1. The van der Waals surface area contributed by atoms with Crippen molar-refractivity contribution in [1.82, 2.24) is 0 Å². The molecule has 1 rings (SSSR count). The van der Waals surface area contributed by atoms with Crippen LogP contribution < -0.4 is 0 Å². The van der Waals surface area contributed by atoms with Gasteiger partial charge < -0.3 is 4.74 Å². The Kier molecular flexibility index (Phi) is 3.65. The van der Waals surface area contributed by atoms with Crippen LogP contribution in [0, 0.1) is 0 Å². The fourth-order valence-corrected chi connectivity index (χ4v) is 1.53. The predicted molar refractivity (Wildman–Crippen MR) is 55.7 cm³/mol. The number of methoxy groups -OCH3 is 1. The van der Waals surface area contributed by atoms with E-state index in [1.807, 2.05) is 0 Å². The first-order chi connectivity index (χ1) is 6.16. The Morgan fingerprint density at radius 1 is 1.54 bits per heavy atom. The maximum absolute atomic E-state index is 13.0. The molecule has 0 aliphatic rings. The molecular formula is C9H8FIO2. The van der Waals surface area contributed by atoms with Crippen LogP contribution in [0.25, 0.3) is 0 Å². The van der Waals surface area contributed by atoms with E-state index in [-0.39, 0.29) is 5.56 Å². The number of hydrogen-bond acceptors (Lipinski definition) is 2. The van der Waals surface area contributed by atoms with Crippen molar-refractivity contribution in [3.05, 3.63) is 35.4 Å². The molecule has 0 aliphatic heterocycles. The van der Waals surface area contributed by atoms with Gasteiger partial charge in [0.15, 0.2) is 4.18 Å². The second-order valence-electron chi connectivity index (χ2n) is 2.38. The number of alkyl halides is 2. The average Bonchev–Trinajstić information content (AvgIpc) is 2.16. The minimum atomic E-state index is -1.19. The van der Waals surface area contributed by atoms with Gasteiger partial charge >= 0.3 is 5.97 Å². The van der Waals surface area contributed by atoms with Crippen LogP contribution in [0.3, 0.4) is 0 Å². The predicted octanol–water partition coefficient (Wildman–Crippen LogP) is 2.88. The Morgan fingerprint density at radius 2 is 2.15 bits per heavy atom. The standard InChI is InChI=1S/C9H8FIO2/c1-13-9(12)7-5-3-2-4-6(7)8(10)11/h2-5,8H,1H3. The molecule has 0 heterocycles. The van der Waals surface area contributed by atoms with Gasteiger partial charge in [-0.2, -0.15) is 0 Å². The molecule has 0 aromatic heterocycles. The van der Waals surface area contributed by atoms with E-state index in [0.717, 1.165) is 0 Å². The van der Waals surface area contributed by atoms with Crippen LogP contribution in [0.2, 0.25) is 0 Å². The van der Waals surface area contributed by atoms with E-state index in [9.17, 15) is 9.18 Å². The molecule has 0 amide bonds.